The van der Waals surface area contributed by atoms with Gasteiger partial charge in [-0.15, -0.1) is 0 Å². The number of carbonyl (C=O) groups excluding carboxylic acids is 2. The molecule has 0 unspecified atom stereocenters. The molecule has 1 atom stereocenters. The second kappa shape index (κ2) is 5.19. The standard InChI is InChI=1S/C18H20N4O2/c1-12(2)22-10-8-14(20-22)11-21-16(23)18(19-17(21)24)9-7-13-5-3-4-6-15(13)18/h3-6,8,10,12H,7,9,11H2,1-2H3,(H,19,24)/t18-/m1/s1. The Balaban J connectivity index is 1.63. The quantitative estimate of drug-likeness (QED) is 0.881. The summed E-state index contributed by atoms with van der Waals surface area (Å²) in [4.78, 5) is 26.8. The molecule has 1 spiro atoms. The number of benzene rings is 1. The van der Waals surface area contributed by atoms with Crippen molar-refractivity contribution in [3.05, 3.63) is 53.3 Å². The van der Waals surface area contributed by atoms with Gasteiger partial charge in [0.25, 0.3) is 5.91 Å². The van der Waals surface area contributed by atoms with Crippen molar-refractivity contribution in [2.45, 2.75) is 44.8 Å². The van der Waals surface area contributed by atoms with E-state index in [1.165, 1.54) is 4.90 Å². The molecule has 1 aromatic heterocycles. The maximum Gasteiger partial charge on any atom is 0.325 e. The molecule has 1 aliphatic heterocycles. The zero-order chi connectivity index (χ0) is 16.9. The number of fused-ring (bicyclic) bond motifs is 2. The molecule has 1 fully saturated rings. The third-order valence-corrected chi connectivity index (χ3v) is 4.93. The van der Waals surface area contributed by atoms with E-state index in [4.69, 9.17) is 0 Å². The highest BCUT2D eigenvalue weighted by atomic mass is 16.2. The van der Waals surface area contributed by atoms with Crippen LogP contribution in [-0.2, 0) is 23.3 Å². The number of rotatable bonds is 3. The maximum atomic E-state index is 13.1. The summed E-state index contributed by atoms with van der Waals surface area (Å²) in [5.41, 5.74) is 1.89. The van der Waals surface area contributed by atoms with E-state index in [9.17, 15) is 9.59 Å². The Morgan fingerprint density at radius 3 is 2.79 bits per heavy atom. The fraction of sp³-hybridized carbons (Fsp3) is 0.389. The van der Waals surface area contributed by atoms with Gasteiger partial charge in [-0.1, -0.05) is 24.3 Å². The summed E-state index contributed by atoms with van der Waals surface area (Å²) in [7, 11) is 0. The number of aryl methyl sites for hydroxylation is 1. The summed E-state index contributed by atoms with van der Waals surface area (Å²) >= 11 is 0. The number of imide groups is 1. The van der Waals surface area contributed by atoms with Crippen molar-refractivity contribution in [2.75, 3.05) is 0 Å². The Morgan fingerprint density at radius 2 is 2.04 bits per heavy atom. The van der Waals surface area contributed by atoms with E-state index in [0.29, 0.717) is 6.42 Å². The number of carbonyl (C=O) groups is 2. The highest BCUT2D eigenvalue weighted by Crippen LogP contribution is 2.41. The average Bonchev–Trinajstić information content (AvgIpc) is 3.23. The van der Waals surface area contributed by atoms with E-state index in [-0.39, 0.29) is 24.5 Å². The first-order valence-electron chi connectivity index (χ1n) is 8.28. The molecule has 0 bridgehead atoms. The van der Waals surface area contributed by atoms with E-state index < -0.39 is 5.54 Å². The van der Waals surface area contributed by atoms with Crippen molar-refractivity contribution < 1.29 is 9.59 Å². The summed E-state index contributed by atoms with van der Waals surface area (Å²) in [5.74, 6) is -0.170. The topological polar surface area (TPSA) is 67.2 Å². The van der Waals surface area contributed by atoms with Crippen molar-refractivity contribution in [3.63, 3.8) is 0 Å². The summed E-state index contributed by atoms with van der Waals surface area (Å²) in [5, 5.41) is 7.38. The Hall–Kier alpha value is -2.63. The minimum atomic E-state index is -0.895. The average molecular weight is 324 g/mol. The molecule has 6 heteroatoms. The SMILES string of the molecule is CC(C)n1ccc(CN2C(=O)N[C@@]3(CCc4ccccc43)C2=O)n1. The summed E-state index contributed by atoms with van der Waals surface area (Å²) < 4.78 is 1.83. The third-order valence-electron chi connectivity index (χ3n) is 4.93. The van der Waals surface area contributed by atoms with Gasteiger partial charge in [0.15, 0.2) is 0 Å². The van der Waals surface area contributed by atoms with Crippen LogP contribution in [0.5, 0.6) is 0 Å². The van der Waals surface area contributed by atoms with Crippen molar-refractivity contribution in [3.8, 4) is 0 Å². The van der Waals surface area contributed by atoms with Crippen LogP contribution in [0.2, 0.25) is 0 Å². The first kappa shape index (κ1) is 14.9. The lowest BCUT2D eigenvalue weighted by Gasteiger charge is -2.22. The molecule has 0 radical (unpaired) electrons. The first-order chi connectivity index (χ1) is 11.5. The molecule has 1 aromatic carbocycles. The largest absolute Gasteiger partial charge is 0.325 e. The van der Waals surface area contributed by atoms with Crippen molar-refractivity contribution in [1.82, 2.24) is 20.0 Å². The van der Waals surface area contributed by atoms with Gasteiger partial charge in [0.1, 0.15) is 5.54 Å². The Labute approximate surface area is 140 Å². The number of nitrogens with zero attached hydrogens (tertiary/aromatic N) is 3. The lowest BCUT2D eigenvalue weighted by atomic mass is 9.92. The second-order valence-electron chi connectivity index (χ2n) is 6.76. The van der Waals surface area contributed by atoms with Crippen molar-refractivity contribution in [2.24, 2.45) is 0 Å². The van der Waals surface area contributed by atoms with Gasteiger partial charge in [0, 0.05) is 12.2 Å². The van der Waals surface area contributed by atoms with Gasteiger partial charge in [-0.05, 0) is 43.9 Å². The third kappa shape index (κ3) is 2.06. The predicted molar refractivity (Wildman–Crippen MR) is 88.1 cm³/mol. The van der Waals surface area contributed by atoms with Gasteiger partial charge in [-0.2, -0.15) is 5.10 Å². The number of urea groups is 1. The molecule has 1 aliphatic carbocycles. The normalized spacial score (nSPS) is 22.5. The Kier molecular flexibility index (Phi) is 3.23. The van der Waals surface area contributed by atoms with Crippen LogP contribution in [0.15, 0.2) is 36.5 Å². The van der Waals surface area contributed by atoms with Crippen LogP contribution >= 0.6 is 0 Å². The molecule has 1 N–H and O–H groups in total. The number of aromatic nitrogens is 2. The fourth-order valence-corrected chi connectivity index (χ4v) is 3.64. The van der Waals surface area contributed by atoms with E-state index >= 15 is 0 Å². The van der Waals surface area contributed by atoms with Gasteiger partial charge < -0.3 is 5.32 Å². The molecule has 2 heterocycles. The van der Waals surface area contributed by atoms with E-state index in [1.807, 2.05) is 55.1 Å². The summed E-state index contributed by atoms with van der Waals surface area (Å²) in [6, 6.07) is 9.61. The van der Waals surface area contributed by atoms with E-state index in [1.54, 1.807) is 0 Å². The number of hydrogen-bond acceptors (Lipinski definition) is 3. The Morgan fingerprint density at radius 1 is 1.25 bits per heavy atom. The van der Waals surface area contributed by atoms with Gasteiger partial charge in [-0.25, -0.2) is 4.79 Å². The Bertz CT molecular complexity index is 826. The number of amides is 3. The van der Waals surface area contributed by atoms with Crippen LogP contribution in [0.3, 0.4) is 0 Å². The summed E-state index contributed by atoms with van der Waals surface area (Å²) in [6.45, 7) is 4.28. The van der Waals surface area contributed by atoms with Gasteiger partial charge in [0.05, 0.1) is 12.2 Å². The van der Waals surface area contributed by atoms with Crippen LogP contribution in [0, 0.1) is 0 Å². The molecular formula is C18H20N4O2. The maximum absolute atomic E-state index is 13.1. The minimum Gasteiger partial charge on any atom is -0.319 e. The molecule has 124 valence electrons. The number of nitrogens with one attached hydrogen (secondary N) is 1. The monoisotopic (exact) mass is 324 g/mol. The fourth-order valence-electron chi connectivity index (χ4n) is 3.64. The lowest BCUT2D eigenvalue weighted by Crippen LogP contribution is -2.41. The molecule has 6 nitrogen and oxygen atoms in total. The molecule has 2 aliphatic rings. The summed E-state index contributed by atoms with van der Waals surface area (Å²) in [6.07, 6.45) is 3.30. The van der Waals surface area contributed by atoms with E-state index in [0.717, 1.165) is 23.2 Å². The lowest BCUT2D eigenvalue weighted by molar-refractivity contribution is -0.132. The molecule has 3 amide bonds. The van der Waals surface area contributed by atoms with Gasteiger partial charge >= 0.3 is 6.03 Å². The highest BCUT2D eigenvalue weighted by molar-refractivity contribution is 6.08. The first-order valence-corrected chi connectivity index (χ1v) is 8.28. The molecule has 0 saturated carbocycles. The zero-order valence-electron chi connectivity index (χ0n) is 13.8. The molecular weight excluding hydrogens is 304 g/mol. The van der Waals surface area contributed by atoms with Crippen molar-refractivity contribution in [1.29, 1.82) is 0 Å². The molecule has 1 saturated heterocycles. The zero-order valence-corrected chi connectivity index (χ0v) is 13.8. The number of hydrogen-bond donors (Lipinski definition) is 1. The molecule has 4 rings (SSSR count). The highest BCUT2D eigenvalue weighted by Gasteiger charge is 2.55. The van der Waals surface area contributed by atoms with Gasteiger partial charge in [0.2, 0.25) is 0 Å². The van der Waals surface area contributed by atoms with Crippen LogP contribution in [-0.4, -0.2) is 26.6 Å². The predicted octanol–water partition coefficient (Wildman–Crippen LogP) is 2.36. The van der Waals surface area contributed by atoms with Gasteiger partial charge in [-0.3, -0.25) is 14.4 Å². The second-order valence-corrected chi connectivity index (χ2v) is 6.76. The van der Waals surface area contributed by atoms with Crippen molar-refractivity contribution >= 4 is 11.9 Å². The molecule has 24 heavy (non-hydrogen) atoms. The van der Waals surface area contributed by atoms with Crippen LogP contribution < -0.4 is 5.32 Å². The molecule has 2 aromatic rings. The smallest absolute Gasteiger partial charge is 0.319 e. The van der Waals surface area contributed by atoms with Crippen LogP contribution in [0.4, 0.5) is 4.79 Å². The van der Waals surface area contributed by atoms with E-state index in [2.05, 4.69) is 10.4 Å². The minimum absolute atomic E-state index is 0.170. The van der Waals surface area contributed by atoms with Crippen LogP contribution in [0.1, 0.15) is 43.1 Å². The van der Waals surface area contributed by atoms with Crippen LogP contribution in [0.25, 0.3) is 0 Å².